The molecule has 0 saturated carbocycles. The lowest BCUT2D eigenvalue weighted by Crippen LogP contribution is -2.20. The first kappa shape index (κ1) is 13.5. The molecule has 0 spiro atoms. The van der Waals surface area contributed by atoms with Gasteiger partial charge in [0.1, 0.15) is 11.8 Å². The van der Waals surface area contributed by atoms with Gasteiger partial charge in [0.05, 0.1) is 17.6 Å². The van der Waals surface area contributed by atoms with Crippen molar-refractivity contribution in [1.82, 2.24) is 4.98 Å². The first-order valence-electron chi connectivity index (χ1n) is 6.94. The van der Waals surface area contributed by atoms with E-state index in [1.807, 2.05) is 26.0 Å². The molecule has 0 radical (unpaired) electrons. The smallest absolute Gasteiger partial charge is 0.224 e. The fraction of sp³-hybridized carbons (Fsp3) is 0.333. The van der Waals surface area contributed by atoms with Crippen LogP contribution >= 0.6 is 0 Å². The molecule has 1 unspecified atom stereocenters. The molecule has 2 heterocycles. The zero-order valence-corrected chi connectivity index (χ0v) is 12.1. The molecule has 0 bridgehead atoms. The third kappa shape index (κ3) is 2.69. The molecular weight excluding hydrogens is 268 g/mol. The first-order valence-corrected chi connectivity index (χ1v) is 6.94. The molecule has 3 rings (SSSR count). The van der Waals surface area contributed by atoms with Gasteiger partial charge in [0.2, 0.25) is 11.8 Å². The largest absolute Gasteiger partial charge is 0.444 e. The number of hydrogen-bond acceptors (Lipinski definition) is 5. The molecule has 110 valence electrons. The molecule has 2 aromatic rings. The number of rotatable bonds is 3. The summed E-state index contributed by atoms with van der Waals surface area (Å²) >= 11 is 0. The van der Waals surface area contributed by atoms with Gasteiger partial charge in [-0.25, -0.2) is 4.98 Å². The van der Waals surface area contributed by atoms with Crippen molar-refractivity contribution in [1.29, 1.82) is 0 Å². The Morgan fingerprint density at radius 2 is 2.24 bits per heavy atom. The number of amides is 1. The van der Waals surface area contributed by atoms with Crippen LogP contribution in [0.25, 0.3) is 0 Å². The highest BCUT2D eigenvalue weighted by Gasteiger charge is 2.18. The molecule has 1 aromatic heterocycles. The van der Waals surface area contributed by atoms with Crippen molar-refractivity contribution in [3.8, 4) is 0 Å². The topological polar surface area (TPSA) is 93.2 Å². The molecule has 0 aliphatic carbocycles. The number of anilines is 3. The van der Waals surface area contributed by atoms with Crippen molar-refractivity contribution in [2.24, 2.45) is 0 Å². The number of hydrogen-bond donors (Lipinski definition) is 3. The van der Waals surface area contributed by atoms with Crippen molar-refractivity contribution in [2.45, 2.75) is 32.7 Å². The Kier molecular flexibility index (Phi) is 3.29. The van der Waals surface area contributed by atoms with Crippen LogP contribution in [0.2, 0.25) is 0 Å². The Labute approximate surface area is 122 Å². The maximum absolute atomic E-state index is 11.5. The number of nitrogens with two attached hydrogens (primary N) is 1. The van der Waals surface area contributed by atoms with Crippen LogP contribution in [0, 0.1) is 6.92 Å². The van der Waals surface area contributed by atoms with Gasteiger partial charge < -0.3 is 20.8 Å². The SMILES string of the molecule is Cc1cnc(C(C)Nc2cc3c(cc2N)CCC(=O)N3)o1. The van der Waals surface area contributed by atoms with Gasteiger partial charge in [0.15, 0.2) is 0 Å². The lowest BCUT2D eigenvalue weighted by Gasteiger charge is -2.21. The number of fused-ring (bicyclic) bond motifs is 1. The summed E-state index contributed by atoms with van der Waals surface area (Å²) < 4.78 is 5.50. The molecule has 1 atom stereocenters. The third-order valence-corrected chi connectivity index (χ3v) is 3.55. The summed E-state index contributed by atoms with van der Waals surface area (Å²) in [5.74, 6) is 1.41. The fourth-order valence-electron chi connectivity index (χ4n) is 2.44. The molecule has 6 nitrogen and oxygen atoms in total. The molecule has 0 fully saturated rings. The van der Waals surface area contributed by atoms with Gasteiger partial charge in [-0.3, -0.25) is 4.79 Å². The summed E-state index contributed by atoms with van der Waals surface area (Å²) in [6.45, 7) is 3.80. The quantitative estimate of drug-likeness (QED) is 0.754. The number of aryl methyl sites for hydroxylation is 2. The minimum atomic E-state index is -0.113. The highest BCUT2D eigenvalue weighted by atomic mass is 16.4. The average molecular weight is 286 g/mol. The molecule has 1 amide bonds. The van der Waals surface area contributed by atoms with Crippen molar-refractivity contribution in [2.75, 3.05) is 16.4 Å². The van der Waals surface area contributed by atoms with Crippen LogP contribution in [0.5, 0.6) is 0 Å². The van der Waals surface area contributed by atoms with E-state index in [1.54, 1.807) is 6.20 Å². The van der Waals surface area contributed by atoms with Crippen LogP contribution in [0.15, 0.2) is 22.7 Å². The number of carbonyl (C=O) groups excluding carboxylic acids is 1. The van der Waals surface area contributed by atoms with Crippen molar-refractivity contribution >= 4 is 23.0 Å². The van der Waals surface area contributed by atoms with E-state index >= 15 is 0 Å². The Hall–Kier alpha value is -2.50. The van der Waals surface area contributed by atoms with Gasteiger partial charge in [0, 0.05) is 12.1 Å². The third-order valence-electron chi connectivity index (χ3n) is 3.55. The minimum absolute atomic E-state index is 0.0367. The highest BCUT2D eigenvalue weighted by molar-refractivity contribution is 5.95. The molecule has 0 saturated heterocycles. The highest BCUT2D eigenvalue weighted by Crippen LogP contribution is 2.32. The second-order valence-electron chi connectivity index (χ2n) is 5.32. The normalized spacial score (nSPS) is 15.2. The monoisotopic (exact) mass is 286 g/mol. The average Bonchev–Trinajstić information content (AvgIpc) is 2.87. The molecule has 1 aliphatic rings. The summed E-state index contributed by atoms with van der Waals surface area (Å²) in [6, 6.07) is 3.66. The van der Waals surface area contributed by atoms with Crippen LogP contribution in [-0.2, 0) is 11.2 Å². The molecule has 1 aromatic carbocycles. The van der Waals surface area contributed by atoms with Crippen molar-refractivity contribution in [3.63, 3.8) is 0 Å². The number of nitrogens with one attached hydrogen (secondary N) is 2. The number of aromatic nitrogens is 1. The van der Waals surface area contributed by atoms with Crippen molar-refractivity contribution < 1.29 is 9.21 Å². The van der Waals surface area contributed by atoms with E-state index in [4.69, 9.17) is 10.2 Å². The number of benzene rings is 1. The lowest BCUT2D eigenvalue weighted by atomic mass is 10.0. The predicted octanol–water partition coefficient (Wildman–Crippen LogP) is 2.62. The maximum atomic E-state index is 11.5. The summed E-state index contributed by atoms with van der Waals surface area (Å²) in [6.07, 6.45) is 2.91. The van der Waals surface area contributed by atoms with Gasteiger partial charge >= 0.3 is 0 Å². The summed E-state index contributed by atoms with van der Waals surface area (Å²) in [4.78, 5) is 15.7. The summed E-state index contributed by atoms with van der Waals surface area (Å²) in [5.41, 5.74) is 9.39. The molecule has 6 heteroatoms. The standard InChI is InChI=1S/C15H18N4O2/c1-8-7-17-15(21-8)9(2)18-13-6-12-10(5-11(13)16)3-4-14(20)19-12/h5-7,9,18H,3-4,16H2,1-2H3,(H,19,20). The lowest BCUT2D eigenvalue weighted by molar-refractivity contribution is -0.116. The Morgan fingerprint density at radius 1 is 1.43 bits per heavy atom. The van der Waals surface area contributed by atoms with E-state index in [0.29, 0.717) is 18.0 Å². The van der Waals surface area contributed by atoms with Crippen LogP contribution in [0.3, 0.4) is 0 Å². The number of carbonyl (C=O) groups is 1. The molecule has 4 N–H and O–H groups in total. The fourth-order valence-corrected chi connectivity index (χ4v) is 2.44. The van der Waals surface area contributed by atoms with Gasteiger partial charge in [-0.1, -0.05) is 0 Å². The zero-order chi connectivity index (χ0) is 15.0. The first-order chi connectivity index (χ1) is 10.0. The number of oxazole rings is 1. The second kappa shape index (κ2) is 5.12. The summed E-state index contributed by atoms with van der Waals surface area (Å²) in [5, 5.41) is 6.14. The van der Waals surface area contributed by atoms with Crippen LogP contribution in [-0.4, -0.2) is 10.9 Å². The van der Waals surface area contributed by atoms with Crippen LogP contribution < -0.4 is 16.4 Å². The molecule has 1 aliphatic heterocycles. The molecule has 21 heavy (non-hydrogen) atoms. The maximum Gasteiger partial charge on any atom is 0.224 e. The van der Waals surface area contributed by atoms with Gasteiger partial charge in [-0.2, -0.15) is 0 Å². The zero-order valence-electron chi connectivity index (χ0n) is 12.1. The number of nitrogens with zero attached hydrogens (tertiary/aromatic N) is 1. The van der Waals surface area contributed by atoms with Gasteiger partial charge in [-0.15, -0.1) is 0 Å². The van der Waals surface area contributed by atoms with Crippen molar-refractivity contribution in [3.05, 3.63) is 35.5 Å². The minimum Gasteiger partial charge on any atom is -0.444 e. The summed E-state index contributed by atoms with van der Waals surface area (Å²) in [7, 11) is 0. The molecular formula is C15H18N4O2. The van der Waals surface area contributed by atoms with E-state index in [0.717, 1.165) is 29.1 Å². The van der Waals surface area contributed by atoms with Crippen LogP contribution in [0.4, 0.5) is 17.1 Å². The van der Waals surface area contributed by atoms with E-state index in [9.17, 15) is 4.79 Å². The number of nitrogen functional groups attached to an aromatic ring is 1. The van der Waals surface area contributed by atoms with Crippen LogP contribution in [0.1, 0.15) is 36.6 Å². The Morgan fingerprint density at radius 3 is 2.95 bits per heavy atom. The Bertz CT molecular complexity index is 693. The second-order valence-corrected chi connectivity index (χ2v) is 5.32. The van der Waals surface area contributed by atoms with Gasteiger partial charge in [-0.05, 0) is 38.0 Å². The van der Waals surface area contributed by atoms with E-state index in [-0.39, 0.29) is 11.9 Å². The van der Waals surface area contributed by atoms with E-state index in [2.05, 4.69) is 15.6 Å². The van der Waals surface area contributed by atoms with E-state index < -0.39 is 0 Å². The Balaban J connectivity index is 1.85. The van der Waals surface area contributed by atoms with Gasteiger partial charge in [0.25, 0.3) is 0 Å². The van der Waals surface area contributed by atoms with E-state index in [1.165, 1.54) is 0 Å². The predicted molar refractivity (Wildman–Crippen MR) is 81.1 cm³/mol.